The Kier molecular flexibility index (Phi) is 3.64. The molecule has 1 N–H and O–H groups in total. The molecule has 2 aromatic carbocycles. The zero-order chi connectivity index (χ0) is 16.6. The van der Waals surface area contributed by atoms with E-state index in [1.54, 1.807) is 12.1 Å². The fourth-order valence-electron chi connectivity index (χ4n) is 3.74. The van der Waals surface area contributed by atoms with Crippen molar-refractivity contribution in [3.05, 3.63) is 75.8 Å². The number of nitro groups is 1. The first-order valence-electron chi connectivity index (χ1n) is 7.55. The van der Waals surface area contributed by atoms with E-state index in [1.807, 2.05) is 37.3 Å². The number of non-ortho nitro benzene ring substituents is 1. The first kappa shape index (κ1) is 15.2. The van der Waals surface area contributed by atoms with Gasteiger partial charge in [0.2, 0.25) is 0 Å². The number of carboxylic acids is 1. The van der Waals surface area contributed by atoms with E-state index >= 15 is 0 Å². The molecule has 0 saturated heterocycles. The number of hydrogen-bond donors (Lipinski definition) is 1. The molecule has 3 atom stereocenters. The van der Waals surface area contributed by atoms with Crippen LogP contribution in [0.3, 0.4) is 0 Å². The molecule has 0 radical (unpaired) electrons. The Balaban J connectivity index is 2.02. The molecule has 1 saturated carbocycles. The molecular formula is C18H17NO4. The summed E-state index contributed by atoms with van der Waals surface area (Å²) in [6, 6.07) is 15.9. The highest BCUT2D eigenvalue weighted by Gasteiger charge is 2.69. The summed E-state index contributed by atoms with van der Waals surface area (Å²) >= 11 is 0. The molecule has 118 valence electrons. The first-order valence-corrected chi connectivity index (χ1v) is 7.55. The normalized spacial score (nSPS) is 25.8. The molecule has 0 bridgehead atoms. The molecule has 5 heteroatoms. The topological polar surface area (TPSA) is 80.4 Å². The number of carbonyl (C=O) groups is 1. The average molecular weight is 311 g/mol. The fraction of sp³-hybridized carbons (Fsp3) is 0.278. The molecule has 5 nitrogen and oxygen atoms in total. The molecule has 0 aliphatic heterocycles. The van der Waals surface area contributed by atoms with Gasteiger partial charge in [-0.25, -0.2) is 0 Å². The quantitative estimate of drug-likeness (QED) is 0.669. The van der Waals surface area contributed by atoms with E-state index in [9.17, 15) is 20.0 Å². The standard InChI is InChI=1S/C18H17NO4/c1-2-18(17(20)21)15(12-6-4-3-5-7-12)16(18)13-8-10-14(11-9-13)19(22)23/h3-11,15-16H,2H2,1H3,(H,20,21)/t15-,16-,18+/m0/s1. The van der Waals surface area contributed by atoms with Gasteiger partial charge < -0.3 is 5.11 Å². The highest BCUT2D eigenvalue weighted by molar-refractivity contribution is 5.84. The Morgan fingerprint density at radius 3 is 2.04 bits per heavy atom. The lowest BCUT2D eigenvalue weighted by atomic mass is 9.94. The Morgan fingerprint density at radius 2 is 1.61 bits per heavy atom. The lowest BCUT2D eigenvalue weighted by Crippen LogP contribution is -2.17. The summed E-state index contributed by atoms with van der Waals surface area (Å²) in [5.74, 6) is -1.07. The third kappa shape index (κ3) is 2.29. The van der Waals surface area contributed by atoms with Gasteiger partial charge in [-0.2, -0.15) is 0 Å². The summed E-state index contributed by atoms with van der Waals surface area (Å²) in [6.07, 6.45) is 0.517. The molecule has 3 rings (SSSR count). The monoisotopic (exact) mass is 311 g/mol. The van der Waals surface area contributed by atoms with Crippen LogP contribution in [0.15, 0.2) is 54.6 Å². The summed E-state index contributed by atoms with van der Waals surface area (Å²) in [5.41, 5.74) is 1.02. The van der Waals surface area contributed by atoms with Crippen LogP contribution in [-0.4, -0.2) is 16.0 Å². The maximum absolute atomic E-state index is 11.9. The minimum atomic E-state index is -0.836. The summed E-state index contributed by atoms with van der Waals surface area (Å²) < 4.78 is 0. The summed E-state index contributed by atoms with van der Waals surface area (Å²) in [4.78, 5) is 22.3. The largest absolute Gasteiger partial charge is 0.481 e. The van der Waals surface area contributed by atoms with Gasteiger partial charge in [0.25, 0.3) is 5.69 Å². The predicted molar refractivity (Wildman–Crippen MR) is 85.4 cm³/mol. The molecule has 1 fully saturated rings. The van der Waals surface area contributed by atoms with Gasteiger partial charge in [0, 0.05) is 24.0 Å². The van der Waals surface area contributed by atoms with Crippen LogP contribution in [0.2, 0.25) is 0 Å². The lowest BCUT2D eigenvalue weighted by Gasteiger charge is -2.10. The Morgan fingerprint density at radius 1 is 1.09 bits per heavy atom. The highest BCUT2D eigenvalue weighted by atomic mass is 16.6. The number of carboxylic acid groups (broad SMARTS) is 1. The zero-order valence-corrected chi connectivity index (χ0v) is 12.7. The molecule has 0 aromatic heterocycles. The van der Waals surface area contributed by atoms with Crippen molar-refractivity contribution >= 4 is 11.7 Å². The lowest BCUT2D eigenvalue weighted by molar-refractivity contribution is -0.384. The van der Waals surface area contributed by atoms with Gasteiger partial charge in [0.1, 0.15) is 0 Å². The average Bonchev–Trinajstić information content (AvgIpc) is 3.26. The van der Waals surface area contributed by atoms with E-state index in [4.69, 9.17) is 0 Å². The van der Waals surface area contributed by atoms with E-state index in [0.717, 1.165) is 11.1 Å². The smallest absolute Gasteiger partial charge is 0.310 e. The van der Waals surface area contributed by atoms with Gasteiger partial charge in [0.05, 0.1) is 10.3 Å². The van der Waals surface area contributed by atoms with E-state index in [2.05, 4.69) is 0 Å². The second kappa shape index (κ2) is 5.50. The number of nitro benzene ring substituents is 1. The van der Waals surface area contributed by atoms with Crippen LogP contribution in [0, 0.1) is 15.5 Å². The van der Waals surface area contributed by atoms with Crippen molar-refractivity contribution in [1.29, 1.82) is 0 Å². The van der Waals surface area contributed by atoms with Crippen LogP contribution in [0.4, 0.5) is 5.69 Å². The second-order valence-electron chi connectivity index (χ2n) is 5.91. The maximum atomic E-state index is 11.9. The fourth-order valence-corrected chi connectivity index (χ4v) is 3.74. The highest BCUT2D eigenvalue weighted by Crippen LogP contribution is 2.72. The molecule has 0 amide bonds. The third-order valence-electron chi connectivity index (χ3n) is 4.94. The number of rotatable bonds is 5. The van der Waals surface area contributed by atoms with Crippen LogP contribution in [0.5, 0.6) is 0 Å². The van der Waals surface area contributed by atoms with Crippen LogP contribution in [-0.2, 0) is 4.79 Å². The summed E-state index contributed by atoms with van der Waals surface area (Å²) in [6.45, 7) is 1.88. The van der Waals surface area contributed by atoms with E-state index in [0.29, 0.717) is 6.42 Å². The molecule has 0 spiro atoms. The van der Waals surface area contributed by atoms with Crippen LogP contribution in [0.25, 0.3) is 0 Å². The van der Waals surface area contributed by atoms with Gasteiger partial charge in [-0.3, -0.25) is 14.9 Å². The number of aliphatic carboxylic acids is 1. The molecule has 1 aliphatic rings. The Bertz CT molecular complexity index is 741. The predicted octanol–water partition coefficient (Wildman–Crippen LogP) is 3.96. The number of benzene rings is 2. The van der Waals surface area contributed by atoms with Gasteiger partial charge in [0.15, 0.2) is 0 Å². The maximum Gasteiger partial charge on any atom is 0.310 e. The molecule has 0 unspecified atom stereocenters. The molecule has 1 aliphatic carbocycles. The van der Waals surface area contributed by atoms with Gasteiger partial charge in [-0.05, 0) is 17.5 Å². The van der Waals surface area contributed by atoms with Crippen molar-refractivity contribution in [3.63, 3.8) is 0 Å². The summed E-state index contributed by atoms with van der Waals surface area (Å²) in [7, 11) is 0. The molecule has 0 heterocycles. The van der Waals surface area contributed by atoms with E-state index in [1.165, 1.54) is 12.1 Å². The minimum absolute atomic E-state index is 0.0167. The van der Waals surface area contributed by atoms with Crippen molar-refractivity contribution in [2.75, 3.05) is 0 Å². The minimum Gasteiger partial charge on any atom is -0.481 e. The van der Waals surface area contributed by atoms with Crippen molar-refractivity contribution < 1.29 is 14.8 Å². The molecular weight excluding hydrogens is 294 g/mol. The second-order valence-corrected chi connectivity index (χ2v) is 5.91. The van der Waals surface area contributed by atoms with Crippen LogP contribution in [0.1, 0.15) is 36.3 Å². The SMILES string of the molecule is CC[C@@]1(C(=O)O)[C@@H](c2ccccc2)[C@@H]1c1ccc([N+](=O)[O-])cc1. The zero-order valence-electron chi connectivity index (χ0n) is 12.7. The Labute approximate surface area is 133 Å². The van der Waals surface area contributed by atoms with Gasteiger partial charge in [-0.15, -0.1) is 0 Å². The molecule has 23 heavy (non-hydrogen) atoms. The Hall–Kier alpha value is -2.69. The van der Waals surface area contributed by atoms with Crippen LogP contribution < -0.4 is 0 Å². The first-order chi connectivity index (χ1) is 11.0. The van der Waals surface area contributed by atoms with Gasteiger partial charge in [-0.1, -0.05) is 49.4 Å². The molecule has 2 aromatic rings. The van der Waals surface area contributed by atoms with Gasteiger partial charge >= 0.3 is 5.97 Å². The van der Waals surface area contributed by atoms with Crippen molar-refractivity contribution in [3.8, 4) is 0 Å². The number of nitrogens with zero attached hydrogens (tertiary/aromatic N) is 1. The van der Waals surface area contributed by atoms with Crippen molar-refractivity contribution in [1.82, 2.24) is 0 Å². The van der Waals surface area contributed by atoms with Crippen LogP contribution >= 0.6 is 0 Å². The van der Waals surface area contributed by atoms with E-state index < -0.39 is 16.3 Å². The summed E-state index contributed by atoms with van der Waals surface area (Å²) in [5, 5.41) is 20.6. The third-order valence-corrected chi connectivity index (χ3v) is 4.94. The van der Waals surface area contributed by atoms with Crippen molar-refractivity contribution in [2.45, 2.75) is 25.2 Å². The van der Waals surface area contributed by atoms with Crippen molar-refractivity contribution in [2.24, 2.45) is 5.41 Å². The van der Waals surface area contributed by atoms with E-state index in [-0.39, 0.29) is 17.5 Å². The number of hydrogen-bond acceptors (Lipinski definition) is 3.